The number of benzene rings is 1. The number of allylic oxidation sites excluding steroid dienone is 4. The number of ketones is 1. The topological polar surface area (TPSA) is 43.1 Å². The van der Waals surface area contributed by atoms with Crippen LogP contribution in [0.2, 0.25) is 0 Å². The minimum atomic E-state index is -0.853. The molecule has 3 aliphatic rings. The summed E-state index contributed by atoms with van der Waals surface area (Å²) in [7, 11) is 0. The van der Waals surface area contributed by atoms with Gasteiger partial charge in [0.2, 0.25) is 0 Å². The number of hydrogen-bond donors (Lipinski definition) is 1. The molecule has 0 aromatic heterocycles. The van der Waals surface area contributed by atoms with Gasteiger partial charge in [0, 0.05) is 11.5 Å². The van der Waals surface area contributed by atoms with Gasteiger partial charge in [0.15, 0.2) is 5.78 Å². The maximum atomic E-state index is 13.0. The molecule has 112 valence electrons. The molecule has 0 bridgehead atoms. The van der Waals surface area contributed by atoms with Crippen LogP contribution < -0.4 is 5.73 Å². The van der Waals surface area contributed by atoms with E-state index in [2.05, 4.69) is 50.3 Å². The minimum Gasteiger partial charge on any atom is -0.314 e. The van der Waals surface area contributed by atoms with Gasteiger partial charge in [0.25, 0.3) is 0 Å². The molecule has 2 unspecified atom stereocenters. The Morgan fingerprint density at radius 1 is 1.32 bits per heavy atom. The summed E-state index contributed by atoms with van der Waals surface area (Å²) in [5, 5.41) is 0. The number of hydrogen-bond acceptors (Lipinski definition) is 2. The second-order valence-electron chi connectivity index (χ2n) is 6.93. The first-order valence-electron chi connectivity index (χ1n) is 8.07. The molecule has 1 aromatic carbocycles. The van der Waals surface area contributed by atoms with Crippen molar-refractivity contribution < 1.29 is 4.79 Å². The average molecular weight is 291 g/mol. The lowest BCUT2D eigenvalue weighted by atomic mass is 9.85. The highest BCUT2D eigenvalue weighted by Gasteiger charge is 2.57. The van der Waals surface area contributed by atoms with Crippen LogP contribution in [0.3, 0.4) is 0 Å². The first-order valence-corrected chi connectivity index (χ1v) is 8.07. The van der Waals surface area contributed by atoms with E-state index in [1.165, 1.54) is 11.1 Å². The maximum absolute atomic E-state index is 13.0. The van der Waals surface area contributed by atoms with Crippen molar-refractivity contribution in [2.75, 3.05) is 0 Å². The molecule has 0 radical (unpaired) electrons. The smallest absolute Gasteiger partial charge is 0.187 e. The van der Waals surface area contributed by atoms with Gasteiger partial charge in [0.1, 0.15) is 5.54 Å². The molecule has 2 atom stereocenters. The Hall–Kier alpha value is -1.93. The normalized spacial score (nSPS) is 28.9. The molecule has 2 nitrogen and oxygen atoms in total. The number of carbonyl (C=O) groups excluding carboxylic acids is 1. The highest BCUT2D eigenvalue weighted by Crippen LogP contribution is 2.53. The van der Waals surface area contributed by atoms with E-state index in [0.717, 1.165) is 29.6 Å². The number of Topliss-reactive ketones (excluding diaryl/α,β-unsaturated/α-hetero) is 1. The fourth-order valence-electron chi connectivity index (χ4n) is 4.14. The van der Waals surface area contributed by atoms with Gasteiger partial charge in [-0.3, -0.25) is 4.79 Å². The van der Waals surface area contributed by atoms with Gasteiger partial charge in [-0.15, -0.1) is 0 Å². The van der Waals surface area contributed by atoms with Crippen LogP contribution in [0.15, 0.2) is 53.6 Å². The fraction of sp³-hybridized carbons (Fsp3) is 0.350. The lowest BCUT2D eigenvalue weighted by Crippen LogP contribution is -2.44. The Kier molecular flexibility index (Phi) is 2.82. The summed E-state index contributed by atoms with van der Waals surface area (Å²) in [4.78, 5) is 13.0. The Morgan fingerprint density at radius 3 is 2.91 bits per heavy atom. The van der Waals surface area contributed by atoms with E-state index in [1.807, 2.05) is 6.08 Å². The second-order valence-corrected chi connectivity index (χ2v) is 6.93. The SMILES string of the molecule is CC(C)c1ccc2c(c1)CC1C3=CC=CCC=C3C(=O)C21N. The van der Waals surface area contributed by atoms with Crippen LogP contribution in [0, 0.1) is 5.92 Å². The van der Waals surface area contributed by atoms with Crippen molar-refractivity contribution in [3.05, 3.63) is 70.3 Å². The summed E-state index contributed by atoms with van der Waals surface area (Å²) in [6.07, 6.45) is 9.94. The van der Waals surface area contributed by atoms with Gasteiger partial charge < -0.3 is 5.73 Å². The Bertz CT molecular complexity index is 766. The third kappa shape index (κ3) is 1.62. The highest BCUT2D eigenvalue weighted by molar-refractivity contribution is 6.11. The van der Waals surface area contributed by atoms with E-state index in [9.17, 15) is 4.79 Å². The first kappa shape index (κ1) is 13.7. The van der Waals surface area contributed by atoms with Gasteiger partial charge in [-0.25, -0.2) is 0 Å². The van der Waals surface area contributed by atoms with Gasteiger partial charge in [-0.05, 0) is 41.0 Å². The van der Waals surface area contributed by atoms with Crippen LogP contribution in [0.5, 0.6) is 0 Å². The van der Waals surface area contributed by atoms with Crippen LogP contribution in [0.4, 0.5) is 0 Å². The van der Waals surface area contributed by atoms with E-state index in [-0.39, 0.29) is 11.7 Å². The standard InChI is InChI=1S/C20H21NO/c1-12(2)13-8-9-17-14(10-13)11-18-15-6-4-3-5-7-16(15)19(22)20(17,18)21/h3-4,6-10,12,18H,5,11,21H2,1-2H3. The molecule has 0 amide bonds. The predicted molar refractivity (Wildman–Crippen MR) is 88.5 cm³/mol. The summed E-state index contributed by atoms with van der Waals surface area (Å²) in [5.74, 6) is 0.681. The minimum absolute atomic E-state index is 0.0893. The molecule has 2 heteroatoms. The molecule has 1 aromatic rings. The number of fused-ring (bicyclic) bond motifs is 5. The fourth-order valence-corrected chi connectivity index (χ4v) is 4.14. The highest BCUT2D eigenvalue weighted by atomic mass is 16.1. The molecule has 2 N–H and O–H groups in total. The molecule has 0 heterocycles. The first-order chi connectivity index (χ1) is 10.5. The van der Waals surface area contributed by atoms with Gasteiger partial charge >= 0.3 is 0 Å². The molecule has 3 aliphatic carbocycles. The van der Waals surface area contributed by atoms with Crippen LogP contribution >= 0.6 is 0 Å². The summed E-state index contributed by atoms with van der Waals surface area (Å²) in [6.45, 7) is 4.39. The predicted octanol–water partition coefficient (Wildman–Crippen LogP) is 3.53. The molecular weight excluding hydrogens is 270 g/mol. The zero-order valence-electron chi connectivity index (χ0n) is 13.1. The third-order valence-electron chi connectivity index (χ3n) is 5.39. The molecular formula is C20H21NO. The lowest BCUT2D eigenvalue weighted by Gasteiger charge is -2.23. The summed E-state index contributed by atoms with van der Waals surface area (Å²) < 4.78 is 0. The van der Waals surface area contributed by atoms with Crippen molar-refractivity contribution in [2.45, 2.75) is 38.1 Å². The van der Waals surface area contributed by atoms with Crippen LogP contribution in [-0.2, 0) is 16.8 Å². The van der Waals surface area contributed by atoms with Crippen molar-refractivity contribution in [2.24, 2.45) is 11.7 Å². The van der Waals surface area contributed by atoms with E-state index in [0.29, 0.717) is 5.92 Å². The van der Waals surface area contributed by atoms with Crippen molar-refractivity contribution in [3.8, 4) is 0 Å². The van der Waals surface area contributed by atoms with Crippen LogP contribution in [-0.4, -0.2) is 5.78 Å². The molecule has 1 fully saturated rings. The Morgan fingerprint density at radius 2 is 2.14 bits per heavy atom. The molecule has 0 spiro atoms. The van der Waals surface area contributed by atoms with Crippen molar-refractivity contribution in [3.63, 3.8) is 0 Å². The maximum Gasteiger partial charge on any atom is 0.187 e. The number of carbonyl (C=O) groups is 1. The van der Waals surface area contributed by atoms with Crippen LogP contribution in [0.1, 0.15) is 42.9 Å². The van der Waals surface area contributed by atoms with E-state index < -0.39 is 5.54 Å². The second kappa shape index (κ2) is 4.53. The van der Waals surface area contributed by atoms with Crippen molar-refractivity contribution in [1.29, 1.82) is 0 Å². The summed E-state index contributed by atoms with van der Waals surface area (Å²) in [6, 6.07) is 6.46. The monoisotopic (exact) mass is 291 g/mol. The van der Waals surface area contributed by atoms with Crippen LogP contribution in [0.25, 0.3) is 0 Å². The van der Waals surface area contributed by atoms with Gasteiger partial charge in [0.05, 0.1) is 0 Å². The quantitative estimate of drug-likeness (QED) is 0.860. The van der Waals surface area contributed by atoms with E-state index >= 15 is 0 Å². The van der Waals surface area contributed by atoms with Gasteiger partial charge in [-0.2, -0.15) is 0 Å². The summed E-state index contributed by atoms with van der Waals surface area (Å²) >= 11 is 0. The molecule has 4 rings (SSSR count). The number of rotatable bonds is 1. The molecule has 0 saturated heterocycles. The van der Waals surface area contributed by atoms with Gasteiger partial charge in [-0.1, -0.05) is 56.4 Å². The third-order valence-corrected chi connectivity index (χ3v) is 5.39. The Balaban J connectivity index is 1.89. The lowest BCUT2D eigenvalue weighted by molar-refractivity contribution is -0.119. The average Bonchev–Trinajstić information content (AvgIpc) is 2.77. The largest absolute Gasteiger partial charge is 0.314 e. The van der Waals surface area contributed by atoms with E-state index in [1.54, 1.807) is 0 Å². The van der Waals surface area contributed by atoms with Crippen molar-refractivity contribution >= 4 is 5.78 Å². The zero-order chi connectivity index (χ0) is 15.5. The molecule has 0 aliphatic heterocycles. The molecule has 22 heavy (non-hydrogen) atoms. The number of nitrogens with two attached hydrogens (primary N) is 1. The Labute approximate surface area is 131 Å². The van der Waals surface area contributed by atoms with E-state index in [4.69, 9.17) is 5.73 Å². The zero-order valence-corrected chi connectivity index (χ0v) is 13.1. The van der Waals surface area contributed by atoms with Crippen molar-refractivity contribution in [1.82, 2.24) is 0 Å². The summed E-state index contributed by atoms with van der Waals surface area (Å²) in [5.41, 5.74) is 11.4. The molecule has 1 saturated carbocycles.